The van der Waals surface area contributed by atoms with Gasteiger partial charge in [0.25, 0.3) is 5.91 Å². The number of carbonyl (C=O) groups is 2. The molecule has 1 unspecified atom stereocenters. The number of nitrogens with one attached hydrogen (secondary N) is 2. The van der Waals surface area contributed by atoms with E-state index in [0.29, 0.717) is 11.8 Å². The van der Waals surface area contributed by atoms with Crippen LogP contribution in [0.2, 0.25) is 0 Å². The largest absolute Gasteiger partial charge is 0.352 e. The molecule has 1 aromatic rings. The van der Waals surface area contributed by atoms with Gasteiger partial charge >= 0.3 is 0 Å². The average Bonchev–Trinajstić information content (AvgIpc) is 3.42. The molecule has 4 nitrogen and oxygen atoms in total. The number of anilines is 1. The zero-order valence-corrected chi connectivity index (χ0v) is 14.4. The molecule has 0 aromatic carbocycles. The molecule has 1 atom stereocenters. The van der Waals surface area contributed by atoms with Crippen LogP contribution in [0.25, 0.3) is 0 Å². The fraction of sp³-hybridized carbons (Fsp3) is 0.667. The Morgan fingerprint density at radius 1 is 1.17 bits per heavy atom. The molecule has 2 N–H and O–H groups in total. The standard InChI is InChI=1S/C18H24N2O2S/c1-10-3-2-4-13-14(10)15(17(22)19-9-11-5-6-11)18(23-13)20-16(21)12-7-8-12/h10-12H,2-9H2,1H3,(H,19,22)(H,20,21). The smallest absolute Gasteiger partial charge is 0.254 e. The Kier molecular flexibility index (Phi) is 3.92. The lowest BCUT2D eigenvalue weighted by molar-refractivity contribution is -0.117. The topological polar surface area (TPSA) is 58.2 Å². The summed E-state index contributed by atoms with van der Waals surface area (Å²) in [6, 6.07) is 0. The van der Waals surface area contributed by atoms with Crippen LogP contribution < -0.4 is 10.6 Å². The van der Waals surface area contributed by atoms with Gasteiger partial charge in [0.2, 0.25) is 5.91 Å². The monoisotopic (exact) mass is 332 g/mol. The lowest BCUT2D eigenvalue weighted by Gasteiger charge is -2.20. The molecule has 5 heteroatoms. The molecule has 0 spiro atoms. The van der Waals surface area contributed by atoms with Gasteiger partial charge in [0.1, 0.15) is 5.00 Å². The summed E-state index contributed by atoms with van der Waals surface area (Å²) in [6.07, 6.45) is 7.75. The molecule has 0 radical (unpaired) electrons. The van der Waals surface area contributed by atoms with Crippen LogP contribution in [0, 0.1) is 11.8 Å². The minimum Gasteiger partial charge on any atom is -0.352 e. The quantitative estimate of drug-likeness (QED) is 0.864. The molecule has 2 saturated carbocycles. The van der Waals surface area contributed by atoms with Crippen LogP contribution >= 0.6 is 11.3 Å². The highest BCUT2D eigenvalue weighted by Crippen LogP contribution is 2.44. The maximum absolute atomic E-state index is 12.8. The lowest BCUT2D eigenvalue weighted by Crippen LogP contribution is -2.28. The van der Waals surface area contributed by atoms with Gasteiger partial charge in [-0.05, 0) is 62.3 Å². The van der Waals surface area contributed by atoms with Crippen molar-refractivity contribution in [2.75, 3.05) is 11.9 Å². The van der Waals surface area contributed by atoms with Crippen molar-refractivity contribution < 1.29 is 9.59 Å². The molecule has 2 amide bonds. The molecule has 0 aliphatic heterocycles. The van der Waals surface area contributed by atoms with E-state index in [0.717, 1.165) is 42.8 Å². The maximum atomic E-state index is 12.8. The van der Waals surface area contributed by atoms with Gasteiger partial charge in [0, 0.05) is 17.3 Å². The van der Waals surface area contributed by atoms with Crippen LogP contribution in [0.1, 0.15) is 72.2 Å². The third-order valence-corrected chi connectivity index (χ3v) is 6.40. The van der Waals surface area contributed by atoms with Crippen molar-refractivity contribution in [3.8, 4) is 0 Å². The number of rotatable bonds is 5. The van der Waals surface area contributed by atoms with Gasteiger partial charge in [0.05, 0.1) is 5.56 Å². The van der Waals surface area contributed by atoms with E-state index >= 15 is 0 Å². The number of carbonyl (C=O) groups excluding carboxylic acids is 2. The number of hydrogen-bond donors (Lipinski definition) is 2. The predicted molar refractivity (Wildman–Crippen MR) is 92.1 cm³/mol. The van der Waals surface area contributed by atoms with Crippen LogP contribution in [-0.2, 0) is 11.2 Å². The molecule has 2 fully saturated rings. The minimum absolute atomic E-state index is 0.00856. The molecule has 0 saturated heterocycles. The van der Waals surface area contributed by atoms with E-state index in [1.54, 1.807) is 11.3 Å². The number of thiophene rings is 1. The molecular weight excluding hydrogens is 308 g/mol. The highest BCUT2D eigenvalue weighted by atomic mass is 32.1. The second-order valence-electron chi connectivity index (χ2n) is 7.35. The summed E-state index contributed by atoms with van der Waals surface area (Å²) in [5.41, 5.74) is 1.95. The van der Waals surface area contributed by atoms with Gasteiger partial charge in [-0.3, -0.25) is 9.59 Å². The first-order chi connectivity index (χ1) is 11.1. The van der Waals surface area contributed by atoms with E-state index in [9.17, 15) is 9.59 Å². The summed E-state index contributed by atoms with van der Waals surface area (Å²) in [4.78, 5) is 26.3. The zero-order chi connectivity index (χ0) is 16.0. The first kappa shape index (κ1) is 15.2. The molecule has 0 bridgehead atoms. The fourth-order valence-electron chi connectivity index (χ4n) is 3.43. The van der Waals surface area contributed by atoms with Crippen molar-refractivity contribution in [1.82, 2.24) is 5.32 Å². The highest BCUT2D eigenvalue weighted by Gasteiger charge is 2.34. The van der Waals surface area contributed by atoms with Crippen LogP contribution in [0.5, 0.6) is 0 Å². The van der Waals surface area contributed by atoms with Crippen molar-refractivity contribution in [3.63, 3.8) is 0 Å². The number of aryl methyl sites for hydroxylation is 1. The molecule has 3 aliphatic carbocycles. The van der Waals surface area contributed by atoms with Crippen molar-refractivity contribution in [2.45, 2.75) is 57.8 Å². The van der Waals surface area contributed by atoms with Gasteiger partial charge in [-0.1, -0.05) is 6.92 Å². The van der Waals surface area contributed by atoms with Crippen LogP contribution in [0.3, 0.4) is 0 Å². The van der Waals surface area contributed by atoms with E-state index in [4.69, 9.17) is 0 Å². The van der Waals surface area contributed by atoms with E-state index < -0.39 is 0 Å². The Bertz CT molecular complexity index is 644. The van der Waals surface area contributed by atoms with Gasteiger partial charge in [-0.15, -0.1) is 11.3 Å². The first-order valence-electron chi connectivity index (χ1n) is 8.88. The molecule has 23 heavy (non-hydrogen) atoms. The Morgan fingerprint density at radius 2 is 1.96 bits per heavy atom. The molecule has 3 aliphatic rings. The summed E-state index contributed by atoms with van der Waals surface area (Å²) >= 11 is 1.62. The van der Waals surface area contributed by atoms with E-state index in [2.05, 4.69) is 17.6 Å². The van der Waals surface area contributed by atoms with Crippen molar-refractivity contribution >= 4 is 28.2 Å². The Hall–Kier alpha value is -1.36. The van der Waals surface area contributed by atoms with E-state index in [1.165, 1.54) is 29.7 Å². The first-order valence-corrected chi connectivity index (χ1v) is 9.69. The Labute approximate surface area is 141 Å². The normalized spacial score (nSPS) is 23.3. The van der Waals surface area contributed by atoms with Crippen LogP contribution in [-0.4, -0.2) is 18.4 Å². The second-order valence-corrected chi connectivity index (χ2v) is 8.46. The SMILES string of the molecule is CC1CCCc2sc(NC(=O)C3CC3)c(C(=O)NCC3CC3)c21. The van der Waals surface area contributed by atoms with Gasteiger partial charge in [-0.2, -0.15) is 0 Å². The predicted octanol–water partition coefficient (Wildman–Crippen LogP) is 3.68. The van der Waals surface area contributed by atoms with Crippen molar-refractivity contribution in [1.29, 1.82) is 0 Å². The Morgan fingerprint density at radius 3 is 2.65 bits per heavy atom. The van der Waals surface area contributed by atoms with E-state index in [-0.39, 0.29) is 17.7 Å². The summed E-state index contributed by atoms with van der Waals surface area (Å²) < 4.78 is 0. The average molecular weight is 332 g/mol. The summed E-state index contributed by atoms with van der Waals surface area (Å²) in [6.45, 7) is 2.97. The molecule has 1 heterocycles. The van der Waals surface area contributed by atoms with E-state index in [1.807, 2.05) is 0 Å². The third-order valence-electron chi connectivity index (χ3n) is 5.22. The summed E-state index contributed by atoms with van der Waals surface area (Å²) in [7, 11) is 0. The summed E-state index contributed by atoms with van der Waals surface area (Å²) in [5, 5.41) is 6.93. The van der Waals surface area contributed by atoms with Crippen molar-refractivity contribution in [2.24, 2.45) is 11.8 Å². The maximum Gasteiger partial charge on any atom is 0.254 e. The van der Waals surface area contributed by atoms with Crippen LogP contribution in [0.15, 0.2) is 0 Å². The van der Waals surface area contributed by atoms with Gasteiger partial charge in [-0.25, -0.2) is 0 Å². The third kappa shape index (κ3) is 3.16. The van der Waals surface area contributed by atoms with Gasteiger partial charge < -0.3 is 10.6 Å². The number of fused-ring (bicyclic) bond motifs is 1. The zero-order valence-electron chi connectivity index (χ0n) is 13.6. The van der Waals surface area contributed by atoms with Crippen LogP contribution in [0.4, 0.5) is 5.00 Å². The highest BCUT2D eigenvalue weighted by molar-refractivity contribution is 7.17. The fourth-order valence-corrected chi connectivity index (χ4v) is 4.79. The molecular formula is C18H24N2O2S. The van der Waals surface area contributed by atoms with Gasteiger partial charge in [0.15, 0.2) is 0 Å². The second kappa shape index (κ2) is 5.93. The number of amides is 2. The van der Waals surface area contributed by atoms with Crippen molar-refractivity contribution in [3.05, 3.63) is 16.0 Å². The molecule has 1 aromatic heterocycles. The minimum atomic E-state index is 0.00856. The lowest BCUT2D eigenvalue weighted by atomic mass is 9.86. The molecule has 4 rings (SSSR count). The Balaban J connectivity index is 1.62. The summed E-state index contributed by atoms with van der Waals surface area (Å²) in [5.74, 6) is 1.33. The molecule has 124 valence electrons. The number of hydrogen-bond acceptors (Lipinski definition) is 3.